The third kappa shape index (κ3) is 5.26. The number of carbonyl (C=O) groups is 2. The van der Waals surface area contributed by atoms with Crippen molar-refractivity contribution in [2.45, 2.75) is 11.8 Å². The molecule has 1 fully saturated rings. The van der Waals surface area contributed by atoms with Crippen molar-refractivity contribution in [2.75, 3.05) is 38.1 Å². The monoisotopic (exact) mass is 550 g/mol. The first-order valence-corrected chi connectivity index (χ1v) is 14.5. The number of sulfonamides is 1. The van der Waals surface area contributed by atoms with Crippen LogP contribution in [0.15, 0.2) is 77.0 Å². The summed E-state index contributed by atoms with van der Waals surface area (Å²) in [6, 6.07) is 19.9. The normalized spacial score (nSPS) is 14.4. The van der Waals surface area contributed by atoms with Crippen molar-refractivity contribution in [1.29, 1.82) is 0 Å². The molecule has 0 spiro atoms. The highest BCUT2D eigenvalue weighted by molar-refractivity contribution is 7.89. The summed E-state index contributed by atoms with van der Waals surface area (Å²) < 4.78 is 32.5. The number of anilines is 1. The molecule has 5 rings (SSSR count). The van der Waals surface area contributed by atoms with Crippen LogP contribution in [-0.4, -0.2) is 67.4 Å². The summed E-state index contributed by atoms with van der Waals surface area (Å²) in [6.07, 6.45) is -0.440. The second-order valence-corrected chi connectivity index (χ2v) is 11.4. The lowest BCUT2D eigenvalue weighted by Crippen LogP contribution is -2.50. The van der Waals surface area contributed by atoms with Gasteiger partial charge < -0.3 is 9.64 Å². The molecule has 0 saturated carbocycles. The van der Waals surface area contributed by atoms with Crippen LogP contribution >= 0.6 is 11.3 Å². The molecule has 1 N–H and O–H groups in total. The molecule has 0 atom stereocenters. The predicted octanol–water partition coefficient (Wildman–Crippen LogP) is 4.68. The summed E-state index contributed by atoms with van der Waals surface area (Å²) in [5.74, 6) is -0.379. The van der Waals surface area contributed by atoms with Gasteiger partial charge in [0.25, 0.3) is 5.91 Å². The van der Waals surface area contributed by atoms with E-state index in [0.717, 1.165) is 22.0 Å². The zero-order chi connectivity index (χ0) is 26.7. The van der Waals surface area contributed by atoms with Crippen molar-refractivity contribution >= 4 is 49.3 Å². The van der Waals surface area contributed by atoms with Gasteiger partial charge in [-0.15, -0.1) is 11.3 Å². The highest BCUT2D eigenvalue weighted by Crippen LogP contribution is 2.31. The SMILES string of the molecule is CCOC(=O)N1CCN(S(=O)(=O)c2ccc(C(=O)Nc3nc(-c4cccc5ccccc45)cs3)cc2)CC1. The first kappa shape index (κ1) is 25.8. The Morgan fingerprint density at radius 3 is 2.42 bits per heavy atom. The average Bonchev–Trinajstić information content (AvgIpc) is 3.41. The molecule has 0 radical (unpaired) electrons. The number of ether oxygens (including phenoxy) is 1. The van der Waals surface area contributed by atoms with Crippen molar-refractivity contribution in [3.05, 3.63) is 77.7 Å². The Morgan fingerprint density at radius 1 is 0.974 bits per heavy atom. The molecule has 0 unspecified atom stereocenters. The van der Waals surface area contributed by atoms with Crippen LogP contribution in [0.4, 0.5) is 9.93 Å². The zero-order valence-corrected chi connectivity index (χ0v) is 22.3. The molecular formula is C27H26N4O5S2. The van der Waals surface area contributed by atoms with Gasteiger partial charge in [-0.3, -0.25) is 10.1 Å². The molecule has 2 heterocycles. The Kier molecular flexibility index (Phi) is 7.41. The summed E-state index contributed by atoms with van der Waals surface area (Å²) >= 11 is 1.32. The Balaban J connectivity index is 1.24. The van der Waals surface area contributed by atoms with Crippen molar-refractivity contribution in [3.8, 4) is 11.3 Å². The smallest absolute Gasteiger partial charge is 0.409 e. The molecular weight excluding hydrogens is 524 g/mol. The standard InChI is InChI=1S/C27H26N4O5S2/c1-2-36-27(33)30-14-16-31(17-15-30)38(34,35)21-12-10-20(11-13-21)25(32)29-26-28-24(18-37-26)23-9-5-7-19-6-3-4-8-22(19)23/h3-13,18H,2,14-17H2,1H3,(H,28,29,32). The van der Waals surface area contributed by atoms with E-state index < -0.39 is 16.1 Å². The zero-order valence-electron chi connectivity index (χ0n) is 20.7. The van der Waals surface area contributed by atoms with Crippen molar-refractivity contribution in [2.24, 2.45) is 0 Å². The molecule has 1 aliphatic heterocycles. The van der Waals surface area contributed by atoms with Crippen LogP contribution in [0, 0.1) is 0 Å². The largest absolute Gasteiger partial charge is 0.450 e. The summed E-state index contributed by atoms with van der Waals surface area (Å²) in [7, 11) is -3.76. The van der Waals surface area contributed by atoms with E-state index in [0.29, 0.717) is 10.7 Å². The molecule has 9 nitrogen and oxygen atoms in total. The quantitative estimate of drug-likeness (QED) is 0.374. The Labute approximate surface area is 224 Å². The number of nitrogens with one attached hydrogen (secondary N) is 1. The first-order chi connectivity index (χ1) is 18.4. The van der Waals surface area contributed by atoms with E-state index in [1.165, 1.54) is 44.8 Å². The third-order valence-electron chi connectivity index (χ3n) is 6.31. The second kappa shape index (κ2) is 10.9. The second-order valence-electron chi connectivity index (χ2n) is 8.63. The number of fused-ring (bicyclic) bond motifs is 1. The molecule has 3 aromatic carbocycles. The van der Waals surface area contributed by atoms with Gasteiger partial charge in [0.2, 0.25) is 10.0 Å². The van der Waals surface area contributed by atoms with Crippen LogP contribution in [0.25, 0.3) is 22.0 Å². The van der Waals surface area contributed by atoms with E-state index in [-0.39, 0.29) is 43.6 Å². The maximum Gasteiger partial charge on any atom is 0.409 e. The van der Waals surface area contributed by atoms with E-state index in [2.05, 4.69) is 10.3 Å². The first-order valence-electron chi connectivity index (χ1n) is 12.1. The van der Waals surface area contributed by atoms with Gasteiger partial charge in [0, 0.05) is 42.7 Å². The molecule has 38 heavy (non-hydrogen) atoms. The molecule has 196 valence electrons. The summed E-state index contributed by atoms with van der Waals surface area (Å²) in [6.45, 7) is 2.85. The van der Waals surface area contributed by atoms with Crippen LogP contribution in [0.1, 0.15) is 17.3 Å². The van der Waals surface area contributed by atoms with Gasteiger partial charge in [-0.25, -0.2) is 18.2 Å². The van der Waals surface area contributed by atoms with E-state index in [4.69, 9.17) is 4.74 Å². The van der Waals surface area contributed by atoms with E-state index in [9.17, 15) is 18.0 Å². The van der Waals surface area contributed by atoms with Gasteiger partial charge in [0.15, 0.2) is 5.13 Å². The van der Waals surface area contributed by atoms with Crippen molar-refractivity contribution < 1.29 is 22.7 Å². The Morgan fingerprint density at radius 2 is 1.68 bits per heavy atom. The minimum absolute atomic E-state index is 0.0890. The van der Waals surface area contributed by atoms with E-state index in [1.807, 2.05) is 47.8 Å². The molecule has 11 heteroatoms. The van der Waals surface area contributed by atoms with Crippen molar-refractivity contribution in [3.63, 3.8) is 0 Å². The van der Waals surface area contributed by atoms with Gasteiger partial charge in [0.1, 0.15) is 0 Å². The summed E-state index contributed by atoms with van der Waals surface area (Å²) in [5, 5.41) is 7.34. The number of rotatable bonds is 6. The number of benzene rings is 3. The molecule has 1 aliphatic rings. The van der Waals surface area contributed by atoms with Crippen LogP contribution < -0.4 is 5.32 Å². The number of nitrogens with zero attached hydrogens (tertiary/aromatic N) is 3. The lowest BCUT2D eigenvalue weighted by Gasteiger charge is -2.33. The lowest BCUT2D eigenvalue weighted by atomic mass is 10.0. The fraction of sp³-hybridized carbons (Fsp3) is 0.222. The van der Waals surface area contributed by atoms with Gasteiger partial charge in [-0.2, -0.15) is 4.31 Å². The minimum atomic E-state index is -3.76. The molecule has 1 aromatic heterocycles. The van der Waals surface area contributed by atoms with Crippen LogP contribution in [0.3, 0.4) is 0 Å². The topological polar surface area (TPSA) is 109 Å². The van der Waals surface area contributed by atoms with Gasteiger partial charge in [0.05, 0.1) is 17.2 Å². The molecule has 0 aliphatic carbocycles. The van der Waals surface area contributed by atoms with Gasteiger partial charge >= 0.3 is 6.09 Å². The number of carbonyl (C=O) groups excluding carboxylic acids is 2. The summed E-state index contributed by atoms with van der Waals surface area (Å²) in [5.41, 5.74) is 2.07. The Bertz CT molecular complexity index is 1570. The van der Waals surface area contributed by atoms with Gasteiger partial charge in [-0.05, 0) is 42.0 Å². The van der Waals surface area contributed by atoms with Crippen molar-refractivity contribution in [1.82, 2.24) is 14.2 Å². The molecule has 0 bridgehead atoms. The number of hydrogen-bond acceptors (Lipinski definition) is 7. The number of amides is 2. The average molecular weight is 551 g/mol. The van der Waals surface area contributed by atoms with E-state index >= 15 is 0 Å². The maximum atomic E-state index is 13.1. The number of aromatic nitrogens is 1. The lowest BCUT2D eigenvalue weighted by molar-refractivity contribution is 0.0933. The number of piperazine rings is 1. The molecule has 4 aromatic rings. The fourth-order valence-corrected chi connectivity index (χ4v) is 6.45. The van der Waals surface area contributed by atoms with Gasteiger partial charge in [-0.1, -0.05) is 42.5 Å². The number of thiazole rings is 1. The molecule has 2 amide bonds. The highest BCUT2D eigenvalue weighted by atomic mass is 32.2. The predicted molar refractivity (Wildman–Crippen MR) is 147 cm³/mol. The minimum Gasteiger partial charge on any atom is -0.450 e. The molecule has 1 saturated heterocycles. The summed E-state index contributed by atoms with van der Waals surface area (Å²) in [4.78, 5) is 30.9. The van der Waals surface area contributed by atoms with Crippen LogP contribution in [-0.2, 0) is 14.8 Å². The fourth-order valence-electron chi connectivity index (χ4n) is 4.33. The third-order valence-corrected chi connectivity index (χ3v) is 8.98. The Hall–Kier alpha value is -3.80. The van der Waals surface area contributed by atoms with Crippen LogP contribution in [0.5, 0.6) is 0 Å². The van der Waals surface area contributed by atoms with E-state index in [1.54, 1.807) is 6.92 Å². The maximum absolute atomic E-state index is 13.1. The number of hydrogen-bond donors (Lipinski definition) is 1. The van der Waals surface area contributed by atoms with Crippen LogP contribution in [0.2, 0.25) is 0 Å². The highest BCUT2D eigenvalue weighted by Gasteiger charge is 2.30.